The predicted octanol–water partition coefficient (Wildman–Crippen LogP) is 2.43. The molecule has 5 nitrogen and oxygen atoms in total. The largest absolute Gasteiger partial charge is 0.394 e. The smallest absolute Gasteiger partial charge is 0.319 e. The molecule has 0 spiro atoms. The minimum absolute atomic E-state index is 0.0401. The summed E-state index contributed by atoms with van der Waals surface area (Å²) < 4.78 is 0. The van der Waals surface area contributed by atoms with Crippen LogP contribution in [0.2, 0.25) is 0 Å². The number of benzene rings is 1. The molecule has 5 heteroatoms. The fraction of sp³-hybridized carbons (Fsp3) is 0.562. The average Bonchev–Trinajstić information content (AvgIpc) is 3.31. The summed E-state index contributed by atoms with van der Waals surface area (Å²) in [5, 5.41) is 15.4. The average molecular weight is 291 g/mol. The van der Waals surface area contributed by atoms with Crippen molar-refractivity contribution in [2.75, 3.05) is 30.4 Å². The number of anilines is 2. The Labute approximate surface area is 126 Å². The quantitative estimate of drug-likeness (QED) is 0.754. The molecular weight excluding hydrogens is 266 g/mol. The first-order valence-electron chi connectivity index (χ1n) is 7.50. The zero-order valence-corrected chi connectivity index (χ0v) is 13.0. The summed E-state index contributed by atoms with van der Waals surface area (Å²) in [6, 6.07) is 7.44. The van der Waals surface area contributed by atoms with Crippen LogP contribution in [0.5, 0.6) is 0 Å². The number of aliphatic hydroxyl groups is 1. The lowest BCUT2D eigenvalue weighted by atomic mass is 9.97. The third kappa shape index (κ3) is 3.67. The second-order valence-electron chi connectivity index (χ2n) is 5.96. The van der Waals surface area contributed by atoms with Crippen LogP contribution >= 0.6 is 0 Å². The van der Waals surface area contributed by atoms with Gasteiger partial charge in [0.2, 0.25) is 0 Å². The van der Waals surface area contributed by atoms with Gasteiger partial charge in [0.15, 0.2) is 0 Å². The fourth-order valence-corrected chi connectivity index (χ4v) is 2.49. The predicted molar refractivity (Wildman–Crippen MR) is 85.8 cm³/mol. The van der Waals surface area contributed by atoms with Gasteiger partial charge in [-0.1, -0.05) is 12.1 Å². The van der Waals surface area contributed by atoms with Crippen LogP contribution in [-0.2, 0) is 0 Å². The summed E-state index contributed by atoms with van der Waals surface area (Å²) in [5.41, 5.74) is 1.22. The lowest BCUT2D eigenvalue weighted by Gasteiger charge is -2.29. The Hall–Kier alpha value is -1.75. The molecule has 1 aromatic rings. The van der Waals surface area contributed by atoms with Gasteiger partial charge in [-0.05, 0) is 44.7 Å². The minimum Gasteiger partial charge on any atom is -0.394 e. The molecule has 2 rings (SSSR count). The van der Waals surface area contributed by atoms with Crippen molar-refractivity contribution in [3.8, 4) is 0 Å². The first-order chi connectivity index (χ1) is 10.00. The summed E-state index contributed by atoms with van der Waals surface area (Å²) in [7, 11) is 1.99. The molecule has 2 amide bonds. The molecule has 0 radical (unpaired) electrons. The second kappa shape index (κ2) is 6.35. The van der Waals surface area contributed by atoms with Crippen molar-refractivity contribution in [3.63, 3.8) is 0 Å². The number of para-hydroxylation sites is 2. The number of amides is 2. The van der Waals surface area contributed by atoms with Crippen molar-refractivity contribution in [2.24, 2.45) is 5.92 Å². The van der Waals surface area contributed by atoms with E-state index in [0.29, 0.717) is 5.92 Å². The third-order valence-corrected chi connectivity index (χ3v) is 4.24. The highest BCUT2D eigenvalue weighted by Gasteiger charge is 2.42. The Kier molecular flexibility index (Phi) is 4.73. The molecule has 1 aliphatic carbocycles. The Morgan fingerprint density at radius 2 is 2.10 bits per heavy atom. The van der Waals surface area contributed by atoms with E-state index in [1.54, 1.807) is 0 Å². The van der Waals surface area contributed by atoms with Crippen LogP contribution in [-0.4, -0.2) is 36.9 Å². The molecule has 0 bridgehead atoms. The van der Waals surface area contributed by atoms with Gasteiger partial charge in [-0.2, -0.15) is 0 Å². The normalized spacial score (nSPS) is 17.0. The molecule has 1 unspecified atom stereocenters. The van der Waals surface area contributed by atoms with Gasteiger partial charge in [0.1, 0.15) is 0 Å². The Morgan fingerprint density at radius 1 is 1.43 bits per heavy atom. The van der Waals surface area contributed by atoms with Crippen molar-refractivity contribution in [1.82, 2.24) is 5.32 Å². The number of hydrogen-bond donors (Lipinski definition) is 3. The van der Waals surface area contributed by atoms with Crippen molar-refractivity contribution in [3.05, 3.63) is 24.3 Å². The van der Waals surface area contributed by atoms with Crippen LogP contribution in [0, 0.1) is 5.92 Å². The standard InChI is InChI=1S/C16H25N3O2/c1-4-19(3)14-8-6-5-7-13(14)17-15(21)18-16(2,11-20)12-9-10-12/h5-8,12,20H,4,9-11H2,1-3H3,(H2,17,18,21). The van der Waals surface area contributed by atoms with Crippen molar-refractivity contribution in [1.29, 1.82) is 0 Å². The molecule has 1 atom stereocenters. The van der Waals surface area contributed by atoms with Gasteiger partial charge in [-0.15, -0.1) is 0 Å². The number of carbonyl (C=O) groups is 1. The maximum Gasteiger partial charge on any atom is 0.319 e. The van der Waals surface area contributed by atoms with E-state index in [4.69, 9.17) is 0 Å². The number of urea groups is 1. The first-order valence-corrected chi connectivity index (χ1v) is 7.50. The lowest BCUT2D eigenvalue weighted by Crippen LogP contribution is -2.52. The molecule has 0 aromatic heterocycles. The maximum absolute atomic E-state index is 12.2. The van der Waals surface area contributed by atoms with Crippen LogP contribution in [0.15, 0.2) is 24.3 Å². The van der Waals surface area contributed by atoms with Gasteiger partial charge in [0.25, 0.3) is 0 Å². The van der Waals surface area contributed by atoms with Gasteiger partial charge in [-0.25, -0.2) is 4.79 Å². The van der Waals surface area contributed by atoms with E-state index in [9.17, 15) is 9.90 Å². The third-order valence-electron chi connectivity index (χ3n) is 4.24. The Bertz CT molecular complexity index is 502. The summed E-state index contributed by atoms with van der Waals surface area (Å²) in [4.78, 5) is 14.3. The van der Waals surface area contributed by atoms with Crippen LogP contribution < -0.4 is 15.5 Å². The van der Waals surface area contributed by atoms with Gasteiger partial charge in [-0.3, -0.25) is 0 Å². The van der Waals surface area contributed by atoms with Gasteiger partial charge in [0.05, 0.1) is 23.5 Å². The van der Waals surface area contributed by atoms with Crippen LogP contribution in [0.4, 0.5) is 16.2 Å². The highest BCUT2D eigenvalue weighted by molar-refractivity contribution is 5.93. The summed E-state index contributed by atoms with van der Waals surface area (Å²) in [6.07, 6.45) is 2.12. The topological polar surface area (TPSA) is 64.6 Å². The maximum atomic E-state index is 12.2. The molecule has 21 heavy (non-hydrogen) atoms. The number of carbonyl (C=O) groups excluding carboxylic acids is 1. The number of rotatable bonds is 6. The van der Waals surface area contributed by atoms with Crippen molar-refractivity contribution in [2.45, 2.75) is 32.2 Å². The SMILES string of the molecule is CCN(C)c1ccccc1NC(=O)NC(C)(CO)C1CC1. The van der Waals surface area contributed by atoms with Crippen LogP contribution in [0.25, 0.3) is 0 Å². The van der Waals surface area contributed by atoms with Crippen LogP contribution in [0.3, 0.4) is 0 Å². The number of nitrogens with one attached hydrogen (secondary N) is 2. The number of nitrogens with zero attached hydrogens (tertiary/aromatic N) is 1. The summed E-state index contributed by atoms with van der Waals surface area (Å²) >= 11 is 0. The molecule has 0 heterocycles. The van der Waals surface area contributed by atoms with E-state index in [1.165, 1.54) is 0 Å². The first kappa shape index (κ1) is 15.6. The molecule has 0 saturated heterocycles. The van der Waals surface area contributed by atoms with E-state index in [-0.39, 0.29) is 12.6 Å². The number of aliphatic hydroxyl groups excluding tert-OH is 1. The van der Waals surface area contributed by atoms with Gasteiger partial charge < -0.3 is 20.6 Å². The molecular formula is C16H25N3O2. The highest BCUT2D eigenvalue weighted by atomic mass is 16.3. The zero-order chi connectivity index (χ0) is 15.5. The molecule has 116 valence electrons. The zero-order valence-electron chi connectivity index (χ0n) is 13.0. The summed E-state index contributed by atoms with van der Waals surface area (Å²) in [6.45, 7) is 4.78. The van der Waals surface area contributed by atoms with Gasteiger partial charge >= 0.3 is 6.03 Å². The fourth-order valence-electron chi connectivity index (χ4n) is 2.49. The molecule has 1 fully saturated rings. The highest BCUT2D eigenvalue weighted by Crippen LogP contribution is 2.39. The Balaban J connectivity index is 2.06. The molecule has 1 aliphatic rings. The van der Waals surface area contributed by atoms with Crippen molar-refractivity contribution < 1.29 is 9.90 Å². The number of hydrogen-bond acceptors (Lipinski definition) is 3. The summed E-state index contributed by atoms with van der Waals surface area (Å²) in [5.74, 6) is 0.377. The second-order valence-corrected chi connectivity index (χ2v) is 5.96. The van der Waals surface area contributed by atoms with E-state index < -0.39 is 5.54 Å². The van der Waals surface area contributed by atoms with E-state index in [1.807, 2.05) is 38.2 Å². The molecule has 1 saturated carbocycles. The van der Waals surface area contributed by atoms with E-state index in [2.05, 4.69) is 22.5 Å². The Morgan fingerprint density at radius 3 is 2.67 bits per heavy atom. The van der Waals surface area contributed by atoms with Gasteiger partial charge in [0, 0.05) is 13.6 Å². The van der Waals surface area contributed by atoms with E-state index >= 15 is 0 Å². The monoisotopic (exact) mass is 291 g/mol. The molecule has 0 aliphatic heterocycles. The van der Waals surface area contributed by atoms with Crippen LogP contribution in [0.1, 0.15) is 26.7 Å². The molecule has 3 N–H and O–H groups in total. The van der Waals surface area contributed by atoms with Crippen molar-refractivity contribution >= 4 is 17.4 Å². The minimum atomic E-state index is -0.532. The van der Waals surface area contributed by atoms with E-state index in [0.717, 1.165) is 30.8 Å². The lowest BCUT2D eigenvalue weighted by molar-refractivity contribution is 0.159. The molecule has 1 aromatic carbocycles.